The number of benzene rings is 2. The molecule has 0 aromatic heterocycles. The Morgan fingerprint density at radius 1 is 0.868 bits per heavy atom. The molecule has 204 valence electrons. The fraction of sp³-hybridized carbons (Fsp3) is 0.448. The van der Waals surface area contributed by atoms with E-state index in [9.17, 15) is 19.2 Å². The first-order valence-corrected chi connectivity index (χ1v) is 12.7. The molecule has 1 aliphatic carbocycles. The summed E-state index contributed by atoms with van der Waals surface area (Å²) >= 11 is 0. The van der Waals surface area contributed by atoms with Gasteiger partial charge in [0.1, 0.15) is 17.7 Å². The Balaban J connectivity index is 1.92. The van der Waals surface area contributed by atoms with Crippen molar-refractivity contribution in [2.45, 2.75) is 65.1 Å². The molecule has 0 saturated carbocycles. The maximum absolute atomic E-state index is 13.9. The zero-order chi connectivity index (χ0) is 28.1. The molecule has 1 aliphatic rings. The van der Waals surface area contributed by atoms with Crippen molar-refractivity contribution in [3.63, 3.8) is 0 Å². The minimum atomic E-state index is -1.12. The standard InChI is InChI=1S/C29H37N3O6/c1-18(32-27(36)38-28(3,4)5)24(33)30-17-29(26(35)31-19(2)25(34)37-6)15-20-11-7-9-13-22(20)23-14-10-8-12-21(23)16-29/h7-14,18-19H,15-17H2,1-6H3,(H,30,33)(H,31,35)(H,32,36)/t18-,19-/m0/s1. The van der Waals surface area contributed by atoms with Crippen LogP contribution < -0.4 is 16.0 Å². The molecule has 0 saturated heterocycles. The summed E-state index contributed by atoms with van der Waals surface area (Å²) in [6, 6.07) is 13.9. The maximum atomic E-state index is 13.9. The number of ether oxygens (including phenoxy) is 2. The first kappa shape index (κ1) is 28.7. The first-order valence-electron chi connectivity index (χ1n) is 12.7. The number of fused-ring (bicyclic) bond motifs is 3. The zero-order valence-corrected chi connectivity index (χ0v) is 22.8. The van der Waals surface area contributed by atoms with E-state index in [-0.39, 0.29) is 12.5 Å². The summed E-state index contributed by atoms with van der Waals surface area (Å²) in [5.41, 5.74) is 2.11. The largest absolute Gasteiger partial charge is 0.467 e. The third-order valence-electron chi connectivity index (χ3n) is 6.49. The van der Waals surface area contributed by atoms with Crippen molar-refractivity contribution in [2.24, 2.45) is 5.41 Å². The summed E-state index contributed by atoms with van der Waals surface area (Å²) in [5.74, 6) is -1.41. The van der Waals surface area contributed by atoms with Crippen LogP contribution in [-0.4, -0.2) is 55.2 Å². The predicted octanol–water partition coefficient (Wildman–Crippen LogP) is 3.15. The molecule has 0 heterocycles. The molecule has 9 nitrogen and oxygen atoms in total. The van der Waals surface area contributed by atoms with Crippen LogP contribution in [0, 0.1) is 5.41 Å². The van der Waals surface area contributed by atoms with Crippen molar-refractivity contribution >= 4 is 23.9 Å². The molecule has 0 spiro atoms. The summed E-state index contributed by atoms with van der Waals surface area (Å²) in [6.07, 6.45) is -0.0610. The molecule has 2 atom stereocenters. The topological polar surface area (TPSA) is 123 Å². The van der Waals surface area contributed by atoms with Crippen molar-refractivity contribution < 1.29 is 28.7 Å². The lowest BCUT2D eigenvalue weighted by Gasteiger charge is -2.33. The molecule has 9 heteroatoms. The van der Waals surface area contributed by atoms with E-state index in [1.165, 1.54) is 7.11 Å². The van der Waals surface area contributed by atoms with Crippen molar-refractivity contribution in [3.05, 3.63) is 59.7 Å². The first-order chi connectivity index (χ1) is 17.8. The normalized spacial score (nSPS) is 15.4. The highest BCUT2D eigenvalue weighted by Gasteiger charge is 2.43. The quantitative estimate of drug-likeness (QED) is 0.479. The Bertz CT molecular complexity index is 1160. The lowest BCUT2D eigenvalue weighted by atomic mass is 9.76. The summed E-state index contributed by atoms with van der Waals surface area (Å²) in [7, 11) is 1.26. The van der Waals surface area contributed by atoms with E-state index in [1.807, 2.05) is 48.5 Å². The molecule has 0 unspecified atom stereocenters. The average Bonchev–Trinajstić information content (AvgIpc) is 3.00. The minimum Gasteiger partial charge on any atom is -0.467 e. The van der Waals surface area contributed by atoms with E-state index < -0.39 is 41.1 Å². The molecule has 3 amide bonds. The van der Waals surface area contributed by atoms with Gasteiger partial charge in [-0.3, -0.25) is 9.59 Å². The lowest BCUT2D eigenvalue weighted by molar-refractivity contribution is -0.146. The fourth-order valence-corrected chi connectivity index (χ4v) is 4.58. The Hall–Kier alpha value is -3.88. The predicted molar refractivity (Wildman–Crippen MR) is 143 cm³/mol. The van der Waals surface area contributed by atoms with Crippen molar-refractivity contribution in [2.75, 3.05) is 13.7 Å². The Morgan fingerprint density at radius 2 is 1.39 bits per heavy atom. The molecule has 0 radical (unpaired) electrons. The van der Waals surface area contributed by atoms with Gasteiger partial charge in [-0.05, 0) is 69.7 Å². The molecule has 3 rings (SSSR count). The number of rotatable bonds is 7. The molecular weight excluding hydrogens is 486 g/mol. The maximum Gasteiger partial charge on any atom is 0.408 e. The van der Waals surface area contributed by atoms with Crippen LogP contribution in [0.5, 0.6) is 0 Å². The van der Waals surface area contributed by atoms with Gasteiger partial charge in [0.05, 0.1) is 12.5 Å². The van der Waals surface area contributed by atoms with E-state index in [1.54, 1.807) is 34.6 Å². The van der Waals surface area contributed by atoms with E-state index in [4.69, 9.17) is 9.47 Å². The van der Waals surface area contributed by atoms with Gasteiger partial charge in [-0.2, -0.15) is 0 Å². The van der Waals surface area contributed by atoms with E-state index in [2.05, 4.69) is 16.0 Å². The Labute approximate surface area is 223 Å². The van der Waals surface area contributed by atoms with Gasteiger partial charge >= 0.3 is 12.1 Å². The van der Waals surface area contributed by atoms with Crippen LogP contribution in [0.4, 0.5) is 4.79 Å². The minimum absolute atomic E-state index is 0.0193. The molecule has 0 bridgehead atoms. The molecule has 0 fully saturated rings. The van der Waals surface area contributed by atoms with Crippen molar-refractivity contribution in [1.82, 2.24) is 16.0 Å². The highest BCUT2D eigenvalue weighted by Crippen LogP contribution is 2.40. The van der Waals surface area contributed by atoms with Gasteiger partial charge in [0.15, 0.2) is 0 Å². The number of hydrogen-bond acceptors (Lipinski definition) is 6. The summed E-state index contributed by atoms with van der Waals surface area (Å²) in [5, 5.41) is 8.18. The molecule has 2 aromatic rings. The van der Waals surface area contributed by atoms with Crippen LogP contribution in [-0.2, 0) is 36.7 Å². The van der Waals surface area contributed by atoms with Gasteiger partial charge < -0.3 is 25.4 Å². The monoisotopic (exact) mass is 523 g/mol. The second-order valence-electron chi connectivity index (χ2n) is 10.8. The molecule has 2 aromatic carbocycles. The molecular formula is C29H37N3O6. The van der Waals surface area contributed by atoms with E-state index in [0.29, 0.717) is 12.8 Å². The van der Waals surface area contributed by atoms with Crippen molar-refractivity contribution in [3.8, 4) is 11.1 Å². The number of amides is 3. The Kier molecular flexibility index (Phi) is 8.81. The molecule has 3 N–H and O–H groups in total. The number of carbonyl (C=O) groups excluding carboxylic acids is 4. The highest BCUT2D eigenvalue weighted by atomic mass is 16.6. The van der Waals surface area contributed by atoms with Gasteiger partial charge in [-0.1, -0.05) is 48.5 Å². The average molecular weight is 524 g/mol. The fourth-order valence-electron chi connectivity index (χ4n) is 4.58. The van der Waals surface area contributed by atoms with Gasteiger partial charge in [-0.25, -0.2) is 9.59 Å². The van der Waals surface area contributed by atoms with Crippen molar-refractivity contribution in [1.29, 1.82) is 0 Å². The third kappa shape index (κ3) is 6.90. The highest BCUT2D eigenvalue weighted by molar-refractivity contribution is 5.91. The SMILES string of the molecule is COC(=O)[C@H](C)NC(=O)C1(CNC(=O)[C@H](C)NC(=O)OC(C)(C)C)Cc2ccccc2-c2ccccc2C1. The van der Waals surface area contributed by atoms with Crippen LogP contribution in [0.25, 0.3) is 11.1 Å². The Morgan fingerprint density at radius 3 is 1.89 bits per heavy atom. The number of alkyl carbamates (subject to hydrolysis) is 1. The van der Waals surface area contributed by atoms with E-state index >= 15 is 0 Å². The van der Waals surface area contributed by atoms with Gasteiger partial charge in [0.25, 0.3) is 0 Å². The number of methoxy groups -OCH3 is 1. The zero-order valence-electron chi connectivity index (χ0n) is 22.8. The van der Waals surface area contributed by atoms with Gasteiger partial charge in [0, 0.05) is 6.54 Å². The summed E-state index contributed by atoms with van der Waals surface area (Å²) in [6.45, 7) is 8.28. The number of hydrogen-bond donors (Lipinski definition) is 3. The van der Waals surface area contributed by atoms with Crippen LogP contribution in [0.1, 0.15) is 45.7 Å². The second-order valence-corrected chi connectivity index (χ2v) is 10.8. The molecule has 38 heavy (non-hydrogen) atoms. The van der Waals surface area contributed by atoms with Gasteiger partial charge in [-0.15, -0.1) is 0 Å². The lowest BCUT2D eigenvalue weighted by Crippen LogP contribution is -2.56. The van der Waals surface area contributed by atoms with Gasteiger partial charge in [0.2, 0.25) is 11.8 Å². The van der Waals surface area contributed by atoms with Crippen LogP contribution >= 0.6 is 0 Å². The van der Waals surface area contributed by atoms with Crippen LogP contribution in [0.2, 0.25) is 0 Å². The summed E-state index contributed by atoms with van der Waals surface area (Å²) < 4.78 is 10.0. The number of nitrogens with one attached hydrogen (secondary N) is 3. The van der Waals surface area contributed by atoms with Crippen LogP contribution in [0.15, 0.2) is 48.5 Å². The number of esters is 1. The smallest absolute Gasteiger partial charge is 0.408 e. The second kappa shape index (κ2) is 11.7. The van der Waals surface area contributed by atoms with Crippen LogP contribution in [0.3, 0.4) is 0 Å². The van der Waals surface area contributed by atoms with E-state index in [0.717, 1.165) is 22.3 Å². The summed E-state index contributed by atoms with van der Waals surface area (Å²) in [4.78, 5) is 51.2. The number of carbonyl (C=O) groups is 4. The molecule has 0 aliphatic heterocycles. The third-order valence-corrected chi connectivity index (χ3v) is 6.49.